The molecule has 6 nitrogen and oxygen atoms in total. The maximum atomic E-state index is 12.7. The number of carbonyl (C=O) groups excluding carboxylic acids is 1. The highest BCUT2D eigenvalue weighted by Crippen LogP contribution is 2.26. The average Bonchev–Trinajstić information content (AvgIpc) is 3.43. The minimum absolute atomic E-state index is 0.173. The van der Waals surface area contributed by atoms with Gasteiger partial charge in [0.05, 0.1) is 18.9 Å². The summed E-state index contributed by atoms with van der Waals surface area (Å²) in [5.41, 5.74) is 1.24. The van der Waals surface area contributed by atoms with Gasteiger partial charge < -0.3 is 14.3 Å². The number of hydrogen-bond donors (Lipinski definition) is 1. The molecule has 1 aliphatic heterocycles. The summed E-state index contributed by atoms with van der Waals surface area (Å²) in [7, 11) is 0. The van der Waals surface area contributed by atoms with Gasteiger partial charge in [-0.15, -0.1) is 0 Å². The van der Waals surface area contributed by atoms with E-state index in [0.717, 1.165) is 24.8 Å². The summed E-state index contributed by atoms with van der Waals surface area (Å²) in [6.07, 6.45) is 7.72. The van der Waals surface area contributed by atoms with Gasteiger partial charge in [-0.2, -0.15) is 0 Å². The summed E-state index contributed by atoms with van der Waals surface area (Å²) in [4.78, 5) is 19.2. The summed E-state index contributed by atoms with van der Waals surface area (Å²) < 4.78 is 7.65. The first-order valence-corrected chi connectivity index (χ1v) is 10.3. The number of hydrogen-bond acceptors (Lipinski definition) is 4. The fourth-order valence-electron chi connectivity index (χ4n) is 3.89. The predicted molar refractivity (Wildman–Crippen MR) is 112 cm³/mol. The zero-order valence-electron chi connectivity index (χ0n) is 16.8. The summed E-state index contributed by atoms with van der Waals surface area (Å²) in [5, 5.41) is 3.08. The topological polar surface area (TPSA) is 63.3 Å². The second-order valence-corrected chi connectivity index (χ2v) is 7.86. The first-order valence-electron chi connectivity index (χ1n) is 10.3. The zero-order valence-corrected chi connectivity index (χ0v) is 16.8. The lowest BCUT2D eigenvalue weighted by Crippen LogP contribution is -2.41. The van der Waals surface area contributed by atoms with E-state index in [1.165, 1.54) is 18.4 Å². The third-order valence-electron chi connectivity index (χ3n) is 5.68. The van der Waals surface area contributed by atoms with E-state index in [4.69, 9.17) is 4.42 Å². The lowest BCUT2D eigenvalue weighted by Gasteiger charge is -2.37. The smallest absolute Gasteiger partial charge is 0.287 e. The number of furan rings is 1. The molecule has 1 aromatic carbocycles. The van der Waals surface area contributed by atoms with Gasteiger partial charge in [0.2, 0.25) is 0 Å². The normalized spacial score (nSPS) is 16.6. The van der Waals surface area contributed by atoms with Crippen molar-refractivity contribution in [1.82, 2.24) is 19.8 Å². The Morgan fingerprint density at radius 1 is 1.21 bits per heavy atom. The molecule has 1 fully saturated rings. The average molecular weight is 393 g/mol. The van der Waals surface area contributed by atoms with Crippen molar-refractivity contribution in [3.05, 3.63) is 78.3 Å². The monoisotopic (exact) mass is 392 g/mol. The highest BCUT2D eigenvalue weighted by Gasteiger charge is 2.25. The molecule has 0 spiro atoms. The van der Waals surface area contributed by atoms with Crippen LogP contribution >= 0.6 is 0 Å². The summed E-state index contributed by atoms with van der Waals surface area (Å²) in [6.45, 7) is 5.56. The number of nitrogens with one attached hydrogen (secondary N) is 1. The Balaban J connectivity index is 1.40. The molecule has 29 heavy (non-hydrogen) atoms. The van der Waals surface area contributed by atoms with Crippen molar-refractivity contribution in [3.8, 4) is 0 Å². The minimum atomic E-state index is -0.173. The molecule has 1 amide bonds. The predicted octanol–water partition coefficient (Wildman–Crippen LogP) is 3.73. The minimum Gasteiger partial charge on any atom is -0.454 e. The van der Waals surface area contributed by atoms with Gasteiger partial charge in [0.25, 0.3) is 5.91 Å². The van der Waals surface area contributed by atoms with Gasteiger partial charge in [-0.25, -0.2) is 4.98 Å². The number of aromatic nitrogens is 2. The zero-order chi connectivity index (χ0) is 20.1. The van der Waals surface area contributed by atoms with Crippen molar-refractivity contribution in [2.45, 2.75) is 32.4 Å². The molecule has 152 valence electrons. The van der Waals surface area contributed by atoms with Gasteiger partial charge in [-0.3, -0.25) is 9.69 Å². The van der Waals surface area contributed by atoms with E-state index in [2.05, 4.69) is 46.4 Å². The number of rotatable bonds is 7. The first-order chi connectivity index (χ1) is 14.2. The quantitative estimate of drug-likeness (QED) is 0.666. The van der Waals surface area contributed by atoms with E-state index in [9.17, 15) is 4.79 Å². The fourth-order valence-corrected chi connectivity index (χ4v) is 3.89. The maximum Gasteiger partial charge on any atom is 0.287 e. The van der Waals surface area contributed by atoms with Crippen molar-refractivity contribution in [2.75, 3.05) is 19.6 Å². The number of benzene rings is 1. The number of imidazole rings is 1. The Morgan fingerprint density at radius 3 is 2.72 bits per heavy atom. The van der Waals surface area contributed by atoms with E-state index in [-0.39, 0.29) is 11.9 Å². The molecule has 6 heteroatoms. The number of likely N-dealkylation sites (tertiary alicyclic amines) is 1. The Bertz CT molecular complexity index is 896. The van der Waals surface area contributed by atoms with E-state index in [1.54, 1.807) is 18.6 Å². The van der Waals surface area contributed by atoms with E-state index < -0.39 is 0 Å². The molecular formula is C23H28N4O2. The molecule has 1 atom stereocenters. The highest BCUT2D eigenvalue weighted by molar-refractivity contribution is 5.91. The van der Waals surface area contributed by atoms with Crippen LogP contribution in [-0.4, -0.2) is 40.0 Å². The molecule has 3 heterocycles. The fraction of sp³-hybridized carbons (Fsp3) is 0.391. The van der Waals surface area contributed by atoms with Crippen LogP contribution in [0.1, 0.15) is 47.7 Å². The molecule has 2 aromatic heterocycles. The molecule has 0 aliphatic carbocycles. The van der Waals surface area contributed by atoms with Crippen molar-refractivity contribution >= 4 is 5.91 Å². The van der Waals surface area contributed by atoms with Gasteiger partial charge in [-0.05, 0) is 49.5 Å². The Morgan fingerprint density at radius 2 is 2.00 bits per heavy atom. The van der Waals surface area contributed by atoms with E-state index in [0.29, 0.717) is 18.8 Å². The van der Waals surface area contributed by atoms with Crippen LogP contribution in [0.25, 0.3) is 0 Å². The first kappa shape index (κ1) is 19.5. The largest absolute Gasteiger partial charge is 0.454 e. The van der Waals surface area contributed by atoms with Crippen LogP contribution in [0.5, 0.6) is 0 Å². The second-order valence-electron chi connectivity index (χ2n) is 7.86. The van der Waals surface area contributed by atoms with Crippen LogP contribution < -0.4 is 5.32 Å². The lowest BCUT2D eigenvalue weighted by molar-refractivity contribution is 0.0884. The van der Waals surface area contributed by atoms with Gasteiger partial charge in [0, 0.05) is 18.9 Å². The standard InChI is InChI=1S/C23H28N4O2/c1-18-9-12-27(13-10-18)21(19-5-3-2-4-6-19)15-25-23(28)22-8-7-20(29-22)16-26-14-11-24-17-26/h2-8,11,14,17-18,21H,9-10,12-13,15-16H2,1H3,(H,25,28)/t21-/m0/s1. The molecule has 1 N–H and O–H groups in total. The third-order valence-corrected chi connectivity index (χ3v) is 5.68. The van der Waals surface area contributed by atoms with Crippen LogP contribution in [-0.2, 0) is 6.54 Å². The summed E-state index contributed by atoms with van der Waals surface area (Å²) in [5.74, 6) is 1.68. The highest BCUT2D eigenvalue weighted by atomic mass is 16.4. The number of nitrogens with zero attached hydrogens (tertiary/aromatic N) is 3. The second kappa shape index (κ2) is 9.09. The van der Waals surface area contributed by atoms with E-state index in [1.807, 2.05) is 22.9 Å². The molecular weight excluding hydrogens is 364 g/mol. The Hall–Kier alpha value is -2.86. The van der Waals surface area contributed by atoms with Gasteiger partial charge in [0.15, 0.2) is 5.76 Å². The van der Waals surface area contributed by atoms with Crippen molar-refractivity contribution in [3.63, 3.8) is 0 Å². The molecule has 1 aliphatic rings. The Kier molecular flexibility index (Phi) is 6.10. The third kappa shape index (κ3) is 4.95. The summed E-state index contributed by atoms with van der Waals surface area (Å²) in [6, 6.07) is 14.2. The number of amides is 1. The molecule has 0 radical (unpaired) electrons. The molecule has 0 bridgehead atoms. The molecule has 1 saturated heterocycles. The van der Waals surface area contributed by atoms with Gasteiger partial charge in [0.1, 0.15) is 5.76 Å². The van der Waals surface area contributed by atoms with Gasteiger partial charge >= 0.3 is 0 Å². The van der Waals surface area contributed by atoms with Crippen LogP contribution in [0, 0.1) is 5.92 Å². The number of piperidine rings is 1. The van der Waals surface area contributed by atoms with E-state index >= 15 is 0 Å². The number of carbonyl (C=O) groups is 1. The molecule has 0 unspecified atom stereocenters. The van der Waals surface area contributed by atoms with Crippen LogP contribution in [0.15, 0.2) is 65.6 Å². The van der Waals surface area contributed by atoms with Crippen LogP contribution in [0.3, 0.4) is 0 Å². The van der Waals surface area contributed by atoms with Crippen LogP contribution in [0.2, 0.25) is 0 Å². The van der Waals surface area contributed by atoms with Crippen molar-refractivity contribution in [1.29, 1.82) is 0 Å². The molecule has 0 saturated carbocycles. The maximum absolute atomic E-state index is 12.7. The molecule has 4 rings (SSSR count). The van der Waals surface area contributed by atoms with Crippen molar-refractivity contribution < 1.29 is 9.21 Å². The van der Waals surface area contributed by atoms with Gasteiger partial charge in [-0.1, -0.05) is 37.3 Å². The SMILES string of the molecule is CC1CCN([C@@H](CNC(=O)c2ccc(Cn3ccnc3)o2)c2ccccc2)CC1. The van der Waals surface area contributed by atoms with Crippen LogP contribution in [0.4, 0.5) is 0 Å². The summed E-state index contributed by atoms with van der Waals surface area (Å²) >= 11 is 0. The Labute approximate surface area is 171 Å². The van der Waals surface area contributed by atoms with Crippen molar-refractivity contribution in [2.24, 2.45) is 5.92 Å². The lowest BCUT2D eigenvalue weighted by atomic mass is 9.95. The molecule has 3 aromatic rings.